The lowest BCUT2D eigenvalue weighted by Gasteiger charge is -2.20. The van der Waals surface area contributed by atoms with E-state index in [0.717, 1.165) is 69.9 Å². The van der Waals surface area contributed by atoms with E-state index in [4.69, 9.17) is 0 Å². The molecule has 10 rings (SSSR count). The normalized spacial score (nSPS) is 14.9. The molecule has 0 saturated carbocycles. The molecule has 16 heteroatoms. The van der Waals surface area contributed by atoms with Crippen LogP contribution in [0.1, 0.15) is 77.6 Å². The first-order valence-corrected chi connectivity index (χ1v) is 25.3. The van der Waals surface area contributed by atoms with Crippen molar-refractivity contribution >= 4 is 0 Å². The minimum atomic E-state index is -4.62. The van der Waals surface area contributed by atoms with Crippen LogP contribution >= 0.6 is 0 Å². The average Bonchev–Trinajstić information content (AvgIpc) is 4.14. The van der Waals surface area contributed by atoms with Crippen molar-refractivity contribution in [3.05, 3.63) is 224 Å². The molecule has 0 amide bonds. The van der Waals surface area contributed by atoms with E-state index >= 15 is 8.78 Å². The summed E-state index contributed by atoms with van der Waals surface area (Å²) in [6, 6.07) is 24.4. The molecule has 410 valence electrons. The zero-order valence-electron chi connectivity index (χ0n) is 42.8. The highest BCUT2D eigenvalue weighted by atomic mass is 19.3. The first-order chi connectivity index (χ1) is 37.4. The molecule has 8 aromatic rings. The number of alkyl halides is 4. The van der Waals surface area contributed by atoms with Gasteiger partial charge in [-0.25, -0.2) is 43.9 Å². The summed E-state index contributed by atoms with van der Waals surface area (Å²) in [5.41, 5.74) is 2.32. The highest BCUT2D eigenvalue weighted by Gasteiger charge is 2.43. The Balaban J connectivity index is 0.000000192. The fourth-order valence-corrected chi connectivity index (χ4v) is 10.3. The van der Waals surface area contributed by atoms with Gasteiger partial charge in [0.2, 0.25) is 0 Å². The summed E-state index contributed by atoms with van der Waals surface area (Å²) < 4.78 is 212. The first kappa shape index (κ1) is 56.1. The van der Waals surface area contributed by atoms with Gasteiger partial charge in [-0.1, -0.05) is 93.8 Å². The third kappa shape index (κ3) is 11.7. The van der Waals surface area contributed by atoms with Crippen molar-refractivity contribution in [1.82, 2.24) is 0 Å². The van der Waals surface area contributed by atoms with Gasteiger partial charge in [-0.05, 0) is 143 Å². The molecule has 0 saturated heterocycles. The van der Waals surface area contributed by atoms with Crippen LogP contribution in [0.4, 0.5) is 61.5 Å². The Morgan fingerprint density at radius 2 is 0.684 bits per heavy atom. The van der Waals surface area contributed by atoms with Gasteiger partial charge in [0.25, 0.3) is 0 Å². The van der Waals surface area contributed by atoms with Crippen LogP contribution in [0.25, 0.3) is 44.5 Å². The zero-order valence-corrected chi connectivity index (χ0v) is 42.8. The molecule has 0 N–H and O–H groups in total. The molecular formula is C63H48F14O2. The maximum Gasteiger partial charge on any atom is 0.432 e. The second-order valence-corrected chi connectivity index (χ2v) is 20.0. The molecule has 8 aromatic carbocycles. The molecule has 2 aliphatic rings. The number of ether oxygens (including phenoxy) is 2. The van der Waals surface area contributed by atoms with Crippen LogP contribution in [0.2, 0.25) is 0 Å². The molecule has 0 heterocycles. The Kier molecular flexibility index (Phi) is 15.8. The summed E-state index contributed by atoms with van der Waals surface area (Å²) in [7, 11) is 0. The lowest BCUT2D eigenvalue weighted by atomic mass is 9.96. The molecule has 79 heavy (non-hydrogen) atoms. The summed E-state index contributed by atoms with van der Waals surface area (Å²) in [6.45, 7) is 6.47. The van der Waals surface area contributed by atoms with Gasteiger partial charge in [-0.15, -0.1) is 0 Å². The largest absolute Gasteiger partial charge is 0.432 e. The minimum absolute atomic E-state index is 0.191. The van der Waals surface area contributed by atoms with E-state index in [1.54, 1.807) is 12.1 Å². The van der Waals surface area contributed by atoms with Gasteiger partial charge in [-0.3, -0.25) is 0 Å². The predicted molar refractivity (Wildman–Crippen MR) is 273 cm³/mol. The van der Waals surface area contributed by atoms with Crippen molar-refractivity contribution in [2.75, 3.05) is 0 Å². The van der Waals surface area contributed by atoms with E-state index in [0.29, 0.717) is 71.5 Å². The molecule has 2 aliphatic carbocycles. The first-order valence-electron chi connectivity index (χ1n) is 25.3. The third-order valence-electron chi connectivity index (χ3n) is 14.6. The molecule has 2 nitrogen and oxygen atoms in total. The topological polar surface area (TPSA) is 18.5 Å². The molecule has 2 atom stereocenters. The summed E-state index contributed by atoms with van der Waals surface area (Å²) in [5.74, 6) is -13.8. The van der Waals surface area contributed by atoms with Crippen molar-refractivity contribution < 1.29 is 70.9 Å². The second-order valence-electron chi connectivity index (χ2n) is 20.0. The predicted octanol–water partition coefficient (Wildman–Crippen LogP) is 18.9. The van der Waals surface area contributed by atoms with E-state index in [9.17, 15) is 52.7 Å². The van der Waals surface area contributed by atoms with E-state index < -0.39 is 104 Å². The van der Waals surface area contributed by atoms with Crippen molar-refractivity contribution in [2.45, 2.75) is 84.9 Å². The van der Waals surface area contributed by atoms with Crippen LogP contribution < -0.4 is 9.47 Å². The van der Waals surface area contributed by atoms with Crippen molar-refractivity contribution in [3.8, 4) is 56.0 Å². The van der Waals surface area contributed by atoms with Crippen LogP contribution in [0.15, 0.2) is 121 Å². The van der Waals surface area contributed by atoms with Crippen molar-refractivity contribution in [1.29, 1.82) is 0 Å². The fourth-order valence-electron chi connectivity index (χ4n) is 10.3. The van der Waals surface area contributed by atoms with Gasteiger partial charge in [0.15, 0.2) is 0 Å². The smallest absolute Gasteiger partial charge is 0.429 e. The van der Waals surface area contributed by atoms with Crippen LogP contribution in [-0.2, 0) is 37.9 Å². The fraction of sp³-hybridized carbons (Fsp3) is 0.238. The maximum atomic E-state index is 15.2. The lowest BCUT2D eigenvalue weighted by molar-refractivity contribution is -0.190. The van der Waals surface area contributed by atoms with Crippen LogP contribution in [-0.4, -0.2) is 0 Å². The van der Waals surface area contributed by atoms with Gasteiger partial charge in [0, 0.05) is 46.5 Å². The van der Waals surface area contributed by atoms with Crippen LogP contribution in [0.3, 0.4) is 0 Å². The van der Waals surface area contributed by atoms with E-state index in [1.165, 1.54) is 46.5 Å². The Hall–Kier alpha value is -7.62. The Bertz CT molecular complexity index is 3550. The van der Waals surface area contributed by atoms with Crippen molar-refractivity contribution in [2.24, 2.45) is 11.8 Å². The minimum Gasteiger partial charge on any atom is -0.429 e. The SMILES string of the molecule is CCC1Cc2ccc(-c3ccc(-c4cc(F)c(C(F)(F)Oc5cc(F)c(C)c(F)c5)c(F)c4)c(F)c3)cc2C1.CCCC1Cc2ccc(-c3ccc(-c4cc(F)c(C(F)(F)Oc5cc(F)c(C)c(F)c5)c(F)c4)c(F)c3)cc2C1. The summed E-state index contributed by atoms with van der Waals surface area (Å²) in [5, 5.41) is 0. The molecule has 0 fully saturated rings. The number of halogens is 14. The highest BCUT2D eigenvalue weighted by molar-refractivity contribution is 5.74. The third-order valence-corrected chi connectivity index (χ3v) is 14.6. The molecule has 0 bridgehead atoms. The Labute approximate surface area is 446 Å². The number of benzene rings is 8. The monoisotopic (exact) mass is 1100 g/mol. The van der Waals surface area contributed by atoms with Gasteiger partial charge >= 0.3 is 12.2 Å². The molecule has 0 radical (unpaired) electrons. The maximum absolute atomic E-state index is 15.2. The van der Waals surface area contributed by atoms with Crippen molar-refractivity contribution in [3.63, 3.8) is 0 Å². The molecular weight excluding hydrogens is 1050 g/mol. The number of fused-ring (bicyclic) bond motifs is 2. The Morgan fingerprint density at radius 1 is 0.367 bits per heavy atom. The summed E-state index contributed by atoms with van der Waals surface area (Å²) in [6.07, 6.45) is -1.97. The van der Waals surface area contributed by atoms with Gasteiger partial charge in [-0.2, -0.15) is 17.6 Å². The van der Waals surface area contributed by atoms with E-state index in [1.807, 2.05) is 36.4 Å². The number of rotatable bonds is 13. The highest BCUT2D eigenvalue weighted by Crippen LogP contribution is 2.42. The molecule has 0 aliphatic heterocycles. The van der Waals surface area contributed by atoms with Gasteiger partial charge in [0.05, 0.1) is 0 Å². The summed E-state index contributed by atoms with van der Waals surface area (Å²) in [4.78, 5) is 0. The van der Waals surface area contributed by atoms with Crippen LogP contribution in [0, 0.1) is 83.9 Å². The van der Waals surface area contributed by atoms with Gasteiger partial charge < -0.3 is 9.47 Å². The Morgan fingerprint density at radius 3 is 1.04 bits per heavy atom. The van der Waals surface area contributed by atoms with Crippen LogP contribution in [0.5, 0.6) is 11.5 Å². The molecule has 0 spiro atoms. The summed E-state index contributed by atoms with van der Waals surface area (Å²) >= 11 is 0. The standard InChI is InChI=1S/C32H25F7O.C31H23F7O/c1-3-4-18-9-19-5-6-20(11-22(19)10-18)21-7-8-25(28(35)12-21)23-13-29(36)31(30(37)14-23)32(38,39)40-24-15-26(33)17(2)27(34)16-24;1-3-17-8-18-4-5-19(10-21(18)9-17)20-6-7-24(27(34)11-20)22-12-28(35)30(29(36)13-22)31(37,38)39-23-14-25(32)16(2)26(33)15-23/h5-8,11-16,18H,3-4,9-10H2,1-2H3;4-7,10-15,17H,3,8-9H2,1-2H3. The zero-order chi connectivity index (χ0) is 56.8. The molecule has 2 unspecified atom stereocenters. The quantitative estimate of drug-likeness (QED) is 0.107. The average molecular weight is 1100 g/mol. The lowest BCUT2D eigenvalue weighted by Crippen LogP contribution is -2.25. The van der Waals surface area contributed by atoms with E-state index in [-0.39, 0.29) is 22.3 Å². The second kappa shape index (κ2) is 22.3. The van der Waals surface area contributed by atoms with E-state index in [2.05, 4.69) is 23.3 Å². The number of hydrogen-bond acceptors (Lipinski definition) is 2. The number of hydrogen-bond donors (Lipinski definition) is 0. The van der Waals surface area contributed by atoms with Gasteiger partial charge in [0.1, 0.15) is 80.8 Å². The molecule has 0 aromatic heterocycles.